The van der Waals surface area contributed by atoms with Crippen molar-refractivity contribution in [1.82, 2.24) is 19.7 Å². The van der Waals surface area contributed by atoms with Gasteiger partial charge in [-0.25, -0.2) is 19.3 Å². The quantitative estimate of drug-likeness (QED) is 0.320. The largest absolute Gasteiger partial charge is 0.465 e. The molecule has 9 nitrogen and oxygen atoms in total. The lowest BCUT2D eigenvalue weighted by molar-refractivity contribution is 0.0270. The van der Waals surface area contributed by atoms with E-state index in [0.717, 1.165) is 22.7 Å². The predicted molar refractivity (Wildman–Crippen MR) is 133 cm³/mol. The standard InChI is InChI=1S/C24H36N4O5Si/c1-24(2,3)33-23(30)27-10-8-17(9-11-27)20-19-14-18(22(29)31-4)15-25-21(19)28(26-20)16-32-12-13-34(5,6)7/h8,14-15H,9-13,16H2,1-7H3. The molecule has 1 amide bonds. The third-order valence-electron chi connectivity index (χ3n) is 5.38. The van der Waals surface area contributed by atoms with Crippen molar-refractivity contribution in [2.24, 2.45) is 0 Å². The molecule has 0 unspecified atom stereocenters. The molecule has 0 saturated heterocycles. The summed E-state index contributed by atoms with van der Waals surface area (Å²) < 4.78 is 18.0. The van der Waals surface area contributed by atoms with Gasteiger partial charge < -0.3 is 19.1 Å². The smallest absolute Gasteiger partial charge is 0.410 e. The summed E-state index contributed by atoms with van der Waals surface area (Å²) in [6.07, 6.45) is 3.77. The molecular formula is C24H36N4O5Si. The lowest BCUT2D eigenvalue weighted by Crippen LogP contribution is -2.39. The molecule has 0 atom stereocenters. The van der Waals surface area contributed by atoms with Crippen molar-refractivity contribution < 1.29 is 23.8 Å². The van der Waals surface area contributed by atoms with Crippen LogP contribution in [-0.4, -0.2) is 72.2 Å². The predicted octanol–water partition coefficient (Wildman–Crippen LogP) is 4.55. The van der Waals surface area contributed by atoms with Gasteiger partial charge in [-0.05, 0) is 44.9 Å². The highest BCUT2D eigenvalue weighted by molar-refractivity contribution is 6.76. The number of hydrogen-bond acceptors (Lipinski definition) is 7. The number of pyridine rings is 1. The van der Waals surface area contributed by atoms with Crippen LogP contribution in [0.15, 0.2) is 18.3 Å². The Morgan fingerprint density at radius 3 is 2.53 bits per heavy atom. The van der Waals surface area contributed by atoms with Gasteiger partial charge in [-0.2, -0.15) is 5.10 Å². The van der Waals surface area contributed by atoms with Crippen LogP contribution in [0, 0.1) is 0 Å². The fraction of sp³-hybridized carbons (Fsp3) is 0.583. The van der Waals surface area contributed by atoms with E-state index >= 15 is 0 Å². The Morgan fingerprint density at radius 1 is 1.21 bits per heavy atom. The van der Waals surface area contributed by atoms with Crippen LogP contribution in [0.1, 0.15) is 43.2 Å². The average molecular weight is 489 g/mol. The number of ether oxygens (including phenoxy) is 3. The van der Waals surface area contributed by atoms with Gasteiger partial charge in [-0.15, -0.1) is 0 Å². The van der Waals surface area contributed by atoms with E-state index < -0.39 is 19.6 Å². The number of nitrogens with zero attached hydrogens (tertiary/aromatic N) is 4. The zero-order valence-corrected chi connectivity index (χ0v) is 22.3. The van der Waals surface area contributed by atoms with Crippen molar-refractivity contribution >= 4 is 36.7 Å². The fourth-order valence-electron chi connectivity index (χ4n) is 3.52. The first-order valence-corrected chi connectivity index (χ1v) is 15.3. The van der Waals surface area contributed by atoms with E-state index in [-0.39, 0.29) is 12.8 Å². The third-order valence-corrected chi connectivity index (χ3v) is 7.09. The van der Waals surface area contributed by atoms with E-state index in [2.05, 4.69) is 24.6 Å². The average Bonchev–Trinajstić information content (AvgIpc) is 3.12. The molecule has 1 aliphatic rings. The Labute approximate surface area is 202 Å². The molecule has 0 radical (unpaired) electrons. The molecule has 0 N–H and O–H groups in total. The number of hydrogen-bond donors (Lipinski definition) is 0. The second-order valence-electron chi connectivity index (χ2n) is 10.7. The summed E-state index contributed by atoms with van der Waals surface area (Å²) in [6, 6.07) is 2.82. The summed E-state index contributed by atoms with van der Waals surface area (Å²) in [4.78, 5) is 30.7. The van der Waals surface area contributed by atoms with Gasteiger partial charge in [0, 0.05) is 39.4 Å². The zero-order chi connectivity index (χ0) is 25.1. The SMILES string of the molecule is COC(=O)c1cnc2c(c1)c(C1=CCN(C(=O)OC(C)(C)C)CC1)nn2COCC[Si](C)(C)C. The van der Waals surface area contributed by atoms with Gasteiger partial charge in [0.05, 0.1) is 18.4 Å². The summed E-state index contributed by atoms with van der Waals surface area (Å²) in [7, 11) is 0.146. The van der Waals surface area contributed by atoms with E-state index in [1.54, 1.807) is 15.6 Å². The Bertz CT molecular complexity index is 1080. The monoisotopic (exact) mass is 488 g/mol. The van der Waals surface area contributed by atoms with Crippen molar-refractivity contribution in [1.29, 1.82) is 0 Å². The lowest BCUT2D eigenvalue weighted by Gasteiger charge is -2.29. The van der Waals surface area contributed by atoms with Gasteiger partial charge in [0.15, 0.2) is 5.65 Å². The minimum atomic E-state index is -1.20. The second kappa shape index (κ2) is 10.3. The van der Waals surface area contributed by atoms with Crippen molar-refractivity contribution in [3.63, 3.8) is 0 Å². The first kappa shape index (κ1) is 25.9. The maximum absolute atomic E-state index is 12.4. The maximum atomic E-state index is 12.4. The van der Waals surface area contributed by atoms with Crippen LogP contribution in [0.3, 0.4) is 0 Å². The molecule has 34 heavy (non-hydrogen) atoms. The maximum Gasteiger partial charge on any atom is 0.410 e. The van der Waals surface area contributed by atoms with Gasteiger partial charge in [-0.1, -0.05) is 25.7 Å². The summed E-state index contributed by atoms with van der Waals surface area (Å²) in [5, 5.41) is 5.55. The van der Waals surface area contributed by atoms with Crippen molar-refractivity contribution in [2.75, 3.05) is 26.8 Å². The second-order valence-corrected chi connectivity index (χ2v) is 16.3. The van der Waals surface area contributed by atoms with Gasteiger partial charge in [0.25, 0.3) is 0 Å². The van der Waals surface area contributed by atoms with Crippen LogP contribution in [0.25, 0.3) is 16.6 Å². The minimum absolute atomic E-state index is 0.281. The van der Waals surface area contributed by atoms with E-state index in [1.165, 1.54) is 13.3 Å². The highest BCUT2D eigenvalue weighted by atomic mass is 28.3. The summed E-state index contributed by atoms with van der Waals surface area (Å²) in [5.74, 6) is -0.451. The molecule has 0 aliphatic carbocycles. The van der Waals surface area contributed by atoms with E-state index in [1.807, 2.05) is 26.8 Å². The molecule has 0 fully saturated rings. The van der Waals surface area contributed by atoms with Crippen molar-refractivity contribution in [3.8, 4) is 0 Å². The Morgan fingerprint density at radius 2 is 1.94 bits per heavy atom. The molecule has 2 aromatic heterocycles. The molecule has 0 bridgehead atoms. The van der Waals surface area contributed by atoms with E-state index in [4.69, 9.17) is 19.3 Å². The van der Waals surface area contributed by atoms with Crippen LogP contribution >= 0.6 is 0 Å². The van der Waals surface area contributed by atoms with Gasteiger partial charge in [0.1, 0.15) is 12.3 Å². The Kier molecular flexibility index (Phi) is 7.82. The third kappa shape index (κ3) is 6.66. The number of methoxy groups -OCH3 is 1. The highest BCUT2D eigenvalue weighted by Crippen LogP contribution is 2.29. The first-order chi connectivity index (χ1) is 15.9. The lowest BCUT2D eigenvalue weighted by atomic mass is 10.0. The molecule has 186 valence electrons. The van der Waals surface area contributed by atoms with Gasteiger partial charge >= 0.3 is 12.1 Å². The van der Waals surface area contributed by atoms with E-state index in [9.17, 15) is 9.59 Å². The molecule has 0 saturated carbocycles. The Hall–Kier alpha value is -2.72. The number of rotatable bonds is 7. The van der Waals surface area contributed by atoms with Crippen LogP contribution < -0.4 is 0 Å². The number of esters is 1. The summed E-state index contributed by atoms with van der Waals surface area (Å²) in [6.45, 7) is 14.4. The molecular weight excluding hydrogens is 452 g/mol. The van der Waals surface area contributed by atoms with Crippen LogP contribution in [0.4, 0.5) is 4.79 Å². The van der Waals surface area contributed by atoms with Crippen LogP contribution in [0.2, 0.25) is 25.7 Å². The topological polar surface area (TPSA) is 95.8 Å². The van der Waals surface area contributed by atoms with Crippen LogP contribution in [-0.2, 0) is 20.9 Å². The van der Waals surface area contributed by atoms with Gasteiger partial charge in [0.2, 0.25) is 0 Å². The number of carbonyl (C=O) groups excluding carboxylic acids is 2. The normalized spacial score (nSPS) is 14.8. The van der Waals surface area contributed by atoms with E-state index in [0.29, 0.717) is 37.3 Å². The minimum Gasteiger partial charge on any atom is -0.465 e. The zero-order valence-electron chi connectivity index (χ0n) is 21.3. The molecule has 2 aromatic rings. The highest BCUT2D eigenvalue weighted by Gasteiger charge is 2.26. The van der Waals surface area contributed by atoms with Crippen molar-refractivity contribution in [2.45, 2.75) is 65.2 Å². The van der Waals surface area contributed by atoms with Crippen molar-refractivity contribution in [3.05, 3.63) is 29.6 Å². The number of aromatic nitrogens is 3. The number of carbonyl (C=O) groups is 2. The number of amides is 1. The first-order valence-electron chi connectivity index (χ1n) is 11.6. The summed E-state index contributed by atoms with van der Waals surface area (Å²) in [5.41, 5.74) is 2.20. The van der Waals surface area contributed by atoms with Crippen LogP contribution in [0.5, 0.6) is 0 Å². The molecule has 3 rings (SSSR count). The fourth-order valence-corrected chi connectivity index (χ4v) is 4.28. The van der Waals surface area contributed by atoms with Gasteiger partial charge in [-0.3, -0.25) is 0 Å². The molecule has 10 heteroatoms. The molecule has 3 heterocycles. The molecule has 0 spiro atoms. The molecule has 1 aliphatic heterocycles. The summed E-state index contributed by atoms with van der Waals surface area (Å²) >= 11 is 0. The molecule has 0 aromatic carbocycles. The number of fused-ring (bicyclic) bond motifs is 1. The Balaban J connectivity index is 1.86.